The van der Waals surface area contributed by atoms with E-state index in [2.05, 4.69) is 33.2 Å². The van der Waals surface area contributed by atoms with Crippen LogP contribution >= 0.6 is 15.9 Å². The Morgan fingerprint density at radius 2 is 2.36 bits per heavy atom. The molecule has 2 rings (SSSR count). The average molecular weight is 255 g/mol. The van der Waals surface area contributed by atoms with E-state index in [-0.39, 0.29) is 0 Å². The molecule has 0 unspecified atom stereocenters. The van der Waals surface area contributed by atoms with Gasteiger partial charge in [0, 0.05) is 12.7 Å². The summed E-state index contributed by atoms with van der Waals surface area (Å²) in [5.74, 6) is 0.965. The van der Waals surface area contributed by atoms with Crippen LogP contribution in [-0.2, 0) is 0 Å². The van der Waals surface area contributed by atoms with Crippen molar-refractivity contribution in [2.45, 2.75) is 26.2 Å². The summed E-state index contributed by atoms with van der Waals surface area (Å²) < 4.78 is 1.05. The van der Waals surface area contributed by atoms with Crippen molar-refractivity contribution in [1.82, 2.24) is 4.98 Å². The Labute approximate surface area is 93.3 Å². The summed E-state index contributed by atoms with van der Waals surface area (Å²) in [7, 11) is 0. The van der Waals surface area contributed by atoms with E-state index in [1.807, 2.05) is 18.3 Å². The lowest BCUT2D eigenvalue weighted by Crippen LogP contribution is -2.15. The molecule has 0 radical (unpaired) electrons. The molecule has 1 aromatic rings. The Morgan fingerprint density at radius 1 is 1.57 bits per heavy atom. The Balaban J connectivity index is 1.95. The smallest absolute Gasteiger partial charge is 0.140 e. The molecule has 0 aromatic carbocycles. The van der Waals surface area contributed by atoms with E-state index in [1.165, 1.54) is 19.3 Å². The lowest BCUT2D eigenvalue weighted by Gasteiger charge is -2.14. The fourth-order valence-corrected chi connectivity index (χ4v) is 2.01. The highest BCUT2D eigenvalue weighted by atomic mass is 79.9. The highest BCUT2D eigenvalue weighted by molar-refractivity contribution is 9.10. The topological polar surface area (TPSA) is 24.9 Å². The summed E-state index contributed by atoms with van der Waals surface area (Å²) in [6, 6.07) is 3.95. The van der Waals surface area contributed by atoms with Crippen molar-refractivity contribution in [3.8, 4) is 0 Å². The van der Waals surface area contributed by atoms with Crippen LogP contribution in [0.4, 0.5) is 5.82 Å². The maximum absolute atomic E-state index is 4.29. The molecule has 1 N–H and O–H groups in total. The van der Waals surface area contributed by atoms with Crippen molar-refractivity contribution >= 4 is 21.7 Å². The summed E-state index contributed by atoms with van der Waals surface area (Å²) >= 11 is 3.48. The van der Waals surface area contributed by atoms with Gasteiger partial charge in [0.2, 0.25) is 0 Å². The molecule has 0 spiro atoms. The summed E-state index contributed by atoms with van der Waals surface area (Å²) in [4.78, 5) is 4.29. The Morgan fingerprint density at radius 3 is 2.93 bits per heavy atom. The van der Waals surface area contributed by atoms with Crippen LogP contribution in [0.3, 0.4) is 0 Å². The zero-order valence-corrected chi connectivity index (χ0v) is 9.97. The number of rotatable bonds is 4. The van der Waals surface area contributed by atoms with Crippen LogP contribution in [0.15, 0.2) is 22.8 Å². The highest BCUT2D eigenvalue weighted by Gasteiger charge is 2.40. The second-order valence-electron chi connectivity index (χ2n) is 4.04. The van der Waals surface area contributed by atoms with Crippen LogP contribution in [0.25, 0.3) is 0 Å². The van der Waals surface area contributed by atoms with Crippen molar-refractivity contribution in [2.24, 2.45) is 5.41 Å². The van der Waals surface area contributed by atoms with E-state index in [4.69, 9.17) is 0 Å². The van der Waals surface area contributed by atoms with Gasteiger partial charge in [-0.3, -0.25) is 0 Å². The molecule has 1 aliphatic rings. The SMILES string of the molecule is CCC1(CNc2ncccc2Br)CC1. The zero-order valence-electron chi connectivity index (χ0n) is 8.39. The zero-order chi connectivity index (χ0) is 10.0. The fraction of sp³-hybridized carbons (Fsp3) is 0.545. The normalized spacial score (nSPS) is 17.9. The van der Waals surface area contributed by atoms with Gasteiger partial charge in [-0.25, -0.2) is 4.98 Å². The van der Waals surface area contributed by atoms with Crippen molar-refractivity contribution in [2.75, 3.05) is 11.9 Å². The van der Waals surface area contributed by atoms with Gasteiger partial charge in [0.15, 0.2) is 0 Å². The van der Waals surface area contributed by atoms with Crippen molar-refractivity contribution < 1.29 is 0 Å². The molecule has 0 saturated heterocycles. The fourth-order valence-electron chi connectivity index (χ4n) is 1.62. The minimum atomic E-state index is 0.566. The highest BCUT2D eigenvalue weighted by Crippen LogP contribution is 2.48. The first kappa shape index (κ1) is 9.97. The molecule has 1 aromatic heterocycles. The standard InChI is InChI=1S/C11H15BrN2/c1-2-11(5-6-11)8-14-10-9(12)4-3-7-13-10/h3-4,7H,2,5-6,8H2,1H3,(H,13,14). The minimum absolute atomic E-state index is 0.566. The molecule has 0 amide bonds. The molecule has 2 nitrogen and oxygen atoms in total. The molecule has 14 heavy (non-hydrogen) atoms. The maximum atomic E-state index is 4.29. The maximum Gasteiger partial charge on any atom is 0.140 e. The lowest BCUT2D eigenvalue weighted by atomic mass is 10.0. The third-order valence-electron chi connectivity index (χ3n) is 3.10. The Kier molecular flexibility index (Phi) is 2.77. The summed E-state index contributed by atoms with van der Waals surface area (Å²) in [6.07, 6.45) is 5.81. The molecular weight excluding hydrogens is 240 g/mol. The van der Waals surface area contributed by atoms with Gasteiger partial charge in [-0.1, -0.05) is 6.92 Å². The number of hydrogen-bond donors (Lipinski definition) is 1. The molecule has 0 atom stereocenters. The number of hydrogen-bond acceptors (Lipinski definition) is 2. The number of anilines is 1. The second-order valence-corrected chi connectivity index (χ2v) is 4.90. The number of aromatic nitrogens is 1. The number of pyridine rings is 1. The van der Waals surface area contributed by atoms with Gasteiger partial charge in [-0.05, 0) is 52.7 Å². The monoisotopic (exact) mass is 254 g/mol. The number of nitrogens with zero attached hydrogens (tertiary/aromatic N) is 1. The molecule has 1 fully saturated rings. The van der Waals surface area contributed by atoms with Crippen LogP contribution < -0.4 is 5.32 Å². The number of halogens is 1. The molecule has 1 aliphatic carbocycles. The average Bonchev–Trinajstić information content (AvgIpc) is 2.98. The minimum Gasteiger partial charge on any atom is -0.369 e. The van der Waals surface area contributed by atoms with Gasteiger partial charge in [0.1, 0.15) is 5.82 Å². The van der Waals surface area contributed by atoms with Gasteiger partial charge in [-0.2, -0.15) is 0 Å². The molecule has 3 heteroatoms. The van der Waals surface area contributed by atoms with Gasteiger partial charge < -0.3 is 5.32 Å². The van der Waals surface area contributed by atoms with Crippen molar-refractivity contribution in [1.29, 1.82) is 0 Å². The molecule has 0 aliphatic heterocycles. The van der Waals surface area contributed by atoms with Gasteiger partial charge in [-0.15, -0.1) is 0 Å². The quantitative estimate of drug-likeness (QED) is 0.891. The van der Waals surface area contributed by atoms with Crippen LogP contribution in [0.2, 0.25) is 0 Å². The molecular formula is C11H15BrN2. The van der Waals surface area contributed by atoms with Crippen LogP contribution in [-0.4, -0.2) is 11.5 Å². The third kappa shape index (κ3) is 2.08. The predicted octanol–water partition coefficient (Wildman–Crippen LogP) is 3.45. The second kappa shape index (κ2) is 3.89. The van der Waals surface area contributed by atoms with E-state index in [0.29, 0.717) is 5.41 Å². The van der Waals surface area contributed by atoms with E-state index < -0.39 is 0 Å². The molecule has 1 heterocycles. The third-order valence-corrected chi connectivity index (χ3v) is 3.74. The van der Waals surface area contributed by atoms with E-state index >= 15 is 0 Å². The van der Waals surface area contributed by atoms with Crippen molar-refractivity contribution in [3.05, 3.63) is 22.8 Å². The first-order valence-electron chi connectivity index (χ1n) is 5.10. The van der Waals surface area contributed by atoms with E-state index in [9.17, 15) is 0 Å². The van der Waals surface area contributed by atoms with Gasteiger partial charge >= 0.3 is 0 Å². The van der Waals surface area contributed by atoms with E-state index in [0.717, 1.165) is 16.8 Å². The lowest BCUT2D eigenvalue weighted by molar-refractivity contribution is 0.520. The van der Waals surface area contributed by atoms with Crippen LogP contribution in [0, 0.1) is 5.41 Å². The Hall–Kier alpha value is -0.570. The van der Waals surface area contributed by atoms with Gasteiger partial charge in [0.25, 0.3) is 0 Å². The number of nitrogens with one attached hydrogen (secondary N) is 1. The summed E-state index contributed by atoms with van der Waals surface area (Å²) in [6.45, 7) is 3.32. The molecule has 76 valence electrons. The van der Waals surface area contributed by atoms with Gasteiger partial charge in [0.05, 0.1) is 4.47 Å². The van der Waals surface area contributed by atoms with Crippen LogP contribution in [0.1, 0.15) is 26.2 Å². The summed E-state index contributed by atoms with van der Waals surface area (Å²) in [5, 5.41) is 3.41. The van der Waals surface area contributed by atoms with E-state index in [1.54, 1.807) is 0 Å². The first-order chi connectivity index (χ1) is 6.76. The predicted molar refractivity (Wildman–Crippen MR) is 62.4 cm³/mol. The first-order valence-corrected chi connectivity index (χ1v) is 5.89. The molecule has 0 bridgehead atoms. The summed E-state index contributed by atoms with van der Waals surface area (Å²) in [5.41, 5.74) is 0.566. The molecule has 1 saturated carbocycles. The Bertz CT molecular complexity index is 321. The largest absolute Gasteiger partial charge is 0.369 e. The van der Waals surface area contributed by atoms with Crippen LogP contribution in [0.5, 0.6) is 0 Å². The van der Waals surface area contributed by atoms with Crippen molar-refractivity contribution in [3.63, 3.8) is 0 Å².